The minimum absolute atomic E-state index is 0.582. The van der Waals surface area contributed by atoms with E-state index < -0.39 is 11.7 Å². The zero-order valence-electron chi connectivity index (χ0n) is 10.4. The first-order chi connectivity index (χ1) is 9.00. The Kier molecular flexibility index (Phi) is 4.20. The smallest absolute Gasteiger partial charge is 0.166 e. The Morgan fingerprint density at radius 3 is 2.26 bits per heavy atom. The van der Waals surface area contributed by atoms with Crippen LogP contribution in [-0.4, -0.2) is 0 Å². The van der Waals surface area contributed by atoms with Crippen molar-refractivity contribution in [2.24, 2.45) is 0 Å². The number of hydrogen-bond acceptors (Lipinski definition) is 1. The van der Waals surface area contributed by atoms with E-state index in [4.69, 9.17) is 0 Å². The number of alkyl halides is 3. The highest BCUT2D eigenvalue weighted by Gasteiger charge is 2.30. The minimum Gasteiger partial charge on any atom is -0.166 e. The normalized spacial score (nSPS) is 11.6. The summed E-state index contributed by atoms with van der Waals surface area (Å²) in [6.45, 7) is 1.87. The molecule has 0 radical (unpaired) electrons. The Morgan fingerprint density at radius 1 is 1.00 bits per heavy atom. The van der Waals surface area contributed by atoms with E-state index in [2.05, 4.69) is 0 Å². The highest BCUT2D eigenvalue weighted by Crippen LogP contribution is 2.35. The molecule has 0 N–H and O–H groups in total. The molecular weight excluding hydrogens is 269 g/mol. The fourth-order valence-corrected chi connectivity index (χ4v) is 2.76. The maximum absolute atomic E-state index is 12.7. The molecule has 0 fully saturated rings. The molecule has 0 unspecified atom stereocenters. The maximum atomic E-state index is 12.7. The van der Waals surface area contributed by atoms with Gasteiger partial charge in [0.05, 0.1) is 5.56 Å². The van der Waals surface area contributed by atoms with Crippen molar-refractivity contribution < 1.29 is 13.2 Å². The molecule has 0 saturated carbocycles. The van der Waals surface area contributed by atoms with E-state index in [0.29, 0.717) is 6.42 Å². The number of rotatable bonds is 3. The van der Waals surface area contributed by atoms with Crippen molar-refractivity contribution in [3.63, 3.8) is 0 Å². The van der Waals surface area contributed by atoms with Crippen LogP contribution in [0.25, 0.3) is 0 Å². The third-order valence-electron chi connectivity index (χ3n) is 2.74. The molecule has 0 aliphatic heterocycles. The van der Waals surface area contributed by atoms with Crippen LogP contribution in [0.3, 0.4) is 0 Å². The first-order valence-corrected chi connectivity index (χ1v) is 6.75. The van der Waals surface area contributed by atoms with Gasteiger partial charge in [-0.1, -0.05) is 36.9 Å². The monoisotopic (exact) mass is 282 g/mol. The van der Waals surface area contributed by atoms with Crippen LogP contribution in [0.5, 0.6) is 0 Å². The molecule has 19 heavy (non-hydrogen) atoms. The Balaban J connectivity index is 2.32. The molecule has 100 valence electrons. The molecule has 2 aromatic rings. The fourth-order valence-electron chi connectivity index (χ4n) is 1.75. The summed E-state index contributed by atoms with van der Waals surface area (Å²) in [6.07, 6.45) is -3.70. The highest BCUT2D eigenvalue weighted by molar-refractivity contribution is 7.99. The Hall–Kier alpha value is -1.42. The highest BCUT2D eigenvalue weighted by atomic mass is 32.2. The van der Waals surface area contributed by atoms with Crippen molar-refractivity contribution in [1.82, 2.24) is 0 Å². The van der Waals surface area contributed by atoms with Crippen molar-refractivity contribution >= 4 is 11.8 Å². The zero-order valence-corrected chi connectivity index (χ0v) is 11.2. The maximum Gasteiger partial charge on any atom is 0.416 e. The van der Waals surface area contributed by atoms with Crippen LogP contribution in [0.2, 0.25) is 0 Å². The van der Waals surface area contributed by atoms with E-state index in [-0.39, 0.29) is 0 Å². The van der Waals surface area contributed by atoms with E-state index >= 15 is 0 Å². The average molecular weight is 282 g/mol. The standard InChI is InChI=1S/C15H13F3S/c1-2-11-10-12(15(16,17)18)8-9-14(11)19-13-6-4-3-5-7-13/h3-10H,2H2,1H3. The number of halogens is 3. The van der Waals surface area contributed by atoms with Gasteiger partial charge in [-0.15, -0.1) is 0 Å². The van der Waals surface area contributed by atoms with Gasteiger partial charge in [-0.25, -0.2) is 0 Å². The third kappa shape index (κ3) is 3.53. The van der Waals surface area contributed by atoms with Crippen LogP contribution in [0.15, 0.2) is 58.3 Å². The van der Waals surface area contributed by atoms with Crippen LogP contribution >= 0.6 is 11.8 Å². The largest absolute Gasteiger partial charge is 0.416 e. The molecule has 0 saturated heterocycles. The van der Waals surface area contributed by atoms with E-state index in [1.807, 2.05) is 37.3 Å². The lowest BCUT2D eigenvalue weighted by molar-refractivity contribution is -0.137. The molecule has 0 bridgehead atoms. The number of hydrogen-bond donors (Lipinski definition) is 0. The lowest BCUT2D eigenvalue weighted by Crippen LogP contribution is -2.05. The second-order valence-corrected chi connectivity index (χ2v) is 5.20. The molecule has 0 nitrogen and oxygen atoms in total. The van der Waals surface area contributed by atoms with Crippen LogP contribution in [0.4, 0.5) is 13.2 Å². The van der Waals surface area contributed by atoms with Crippen LogP contribution < -0.4 is 0 Å². The van der Waals surface area contributed by atoms with E-state index in [9.17, 15) is 13.2 Å². The summed E-state index contributed by atoms with van der Waals surface area (Å²) < 4.78 is 38.0. The van der Waals surface area contributed by atoms with Crippen molar-refractivity contribution in [1.29, 1.82) is 0 Å². The molecule has 0 amide bonds. The van der Waals surface area contributed by atoms with Gasteiger partial charge >= 0.3 is 6.18 Å². The first kappa shape index (κ1) is 14.0. The van der Waals surface area contributed by atoms with Gasteiger partial charge in [-0.3, -0.25) is 0 Å². The molecule has 2 rings (SSSR count). The summed E-state index contributed by atoms with van der Waals surface area (Å²) in [5.74, 6) is 0. The fraction of sp³-hybridized carbons (Fsp3) is 0.200. The summed E-state index contributed by atoms with van der Waals surface area (Å²) in [5.41, 5.74) is 0.144. The molecule has 2 aromatic carbocycles. The number of aryl methyl sites for hydroxylation is 1. The zero-order chi connectivity index (χ0) is 13.9. The third-order valence-corrected chi connectivity index (χ3v) is 3.87. The second-order valence-electron chi connectivity index (χ2n) is 4.09. The molecule has 0 heterocycles. The van der Waals surface area contributed by atoms with Gasteiger partial charge in [-0.05, 0) is 42.3 Å². The average Bonchev–Trinajstić information content (AvgIpc) is 2.39. The molecule has 0 aliphatic rings. The molecule has 0 aromatic heterocycles. The van der Waals surface area contributed by atoms with Crippen molar-refractivity contribution in [2.45, 2.75) is 29.3 Å². The minimum atomic E-state index is -4.28. The molecule has 0 aliphatic carbocycles. The predicted molar refractivity (Wildman–Crippen MR) is 71.4 cm³/mol. The van der Waals surface area contributed by atoms with Crippen molar-refractivity contribution in [2.75, 3.05) is 0 Å². The van der Waals surface area contributed by atoms with Gasteiger partial charge in [0.1, 0.15) is 0 Å². The Labute approximate surface area is 114 Å². The molecular formula is C15H13F3S. The molecule has 0 spiro atoms. The van der Waals surface area contributed by atoms with Gasteiger partial charge in [0.25, 0.3) is 0 Å². The lowest BCUT2D eigenvalue weighted by Gasteiger charge is -2.12. The SMILES string of the molecule is CCc1cc(C(F)(F)F)ccc1Sc1ccccc1. The molecule has 0 atom stereocenters. The molecule has 4 heteroatoms. The summed E-state index contributed by atoms with van der Waals surface area (Å²) >= 11 is 1.49. The quantitative estimate of drug-likeness (QED) is 0.724. The van der Waals surface area contributed by atoms with Gasteiger partial charge in [0.15, 0.2) is 0 Å². The van der Waals surface area contributed by atoms with E-state index in [1.54, 1.807) is 6.07 Å². The summed E-state index contributed by atoms with van der Waals surface area (Å²) in [6, 6.07) is 13.6. The summed E-state index contributed by atoms with van der Waals surface area (Å²) in [5, 5.41) is 0. The van der Waals surface area contributed by atoms with Gasteiger partial charge in [-0.2, -0.15) is 13.2 Å². The first-order valence-electron chi connectivity index (χ1n) is 5.93. The van der Waals surface area contributed by atoms with Crippen LogP contribution in [-0.2, 0) is 12.6 Å². The predicted octanol–water partition coefficient (Wildman–Crippen LogP) is 5.42. The number of benzene rings is 2. The van der Waals surface area contributed by atoms with E-state index in [0.717, 1.165) is 21.4 Å². The lowest BCUT2D eigenvalue weighted by atomic mass is 10.1. The van der Waals surface area contributed by atoms with Crippen molar-refractivity contribution in [3.05, 3.63) is 59.7 Å². The summed E-state index contributed by atoms with van der Waals surface area (Å²) in [4.78, 5) is 1.90. The topological polar surface area (TPSA) is 0 Å². The van der Waals surface area contributed by atoms with Gasteiger partial charge in [0.2, 0.25) is 0 Å². The Morgan fingerprint density at radius 2 is 1.68 bits per heavy atom. The van der Waals surface area contributed by atoms with Crippen LogP contribution in [0.1, 0.15) is 18.1 Å². The Bertz CT molecular complexity index is 547. The van der Waals surface area contributed by atoms with Gasteiger partial charge in [0, 0.05) is 9.79 Å². The van der Waals surface area contributed by atoms with Gasteiger partial charge < -0.3 is 0 Å². The summed E-state index contributed by atoms with van der Waals surface area (Å²) in [7, 11) is 0. The van der Waals surface area contributed by atoms with Crippen molar-refractivity contribution in [3.8, 4) is 0 Å². The van der Waals surface area contributed by atoms with Crippen LogP contribution in [0, 0.1) is 0 Å². The second kappa shape index (κ2) is 5.70. The van der Waals surface area contributed by atoms with E-state index in [1.165, 1.54) is 17.8 Å².